The second-order valence-corrected chi connectivity index (χ2v) is 3.43. The summed E-state index contributed by atoms with van der Waals surface area (Å²) in [7, 11) is 0. The first-order chi connectivity index (χ1) is 6.29. The Balaban J connectivity index is 2.90. The molecule has 72 valence electrons. The van der Waals surface area contributed by atoms with E-state index in [1.165, 1.54) is 17.7 Å². The highest BCUT2D eigenvalue weighted by molar-refractivity contribution is 5.52. The molecule has 1 nitrogen and oxygen atoms in total. The van der Waals surface area contributed by atoms with Crippen LogP contribution in [-0.2, 0) is 0 Å². The molecule has 0 saturated carbocycles. The monoisotopic (exact) mass is 177 g/mol. The Bertz CT molecular complexity index is 255. The summed E-state index contributed by atoms with van der Waals surface area (Å²) in [4.78, 5) is 0. The van der Waals surface area contributed by atoms with Gasteiger partial charge in [-0.15, -0.1) is 0 Å². The maximum Gasteiger partial charge on any atom is 0.0375 e. The number of hydrogen-bond acceptors (Lipinski definition) is 1. The standard InChI is InChI=1S/C12H19N/c1-4-10(3)11-8-6-7-9-12(11)13-5-2/h6-10,13H,4-5H2,1-3H3. The van der Waals surface area contributed by atoms with Crippen molar-refractivity contribution in [2.45, 2.75) is 33.1 Å². The molecule has 1 unspecified atom stereocenters. The van der Waals surface area contributed by atoms with Crippen LogP contribution in [-0.4, -0.2) is 6.54 Å². The van der Waals surface area contributed by atoms with Crippen LogP contribution in [0.1, 0.15) is 38.7 Å². The molecule has 1 N–H and O–H groups in total. The number of para-hydroxylation sites is 1. The van der Waals surface area contributed by atoms with Crippen molar-refractivity contribution in [3.05, 3.63) is 29.8 Å². The Morgan fingerprint density at radius 3 is 2.54 bits per heavy atom. The van der Waals surface area contributed by atoms with E-state index in [-0.39, 0.29) is 0 Å². The number of anilines is 1. The number of rotatable bonds is 4. The van der Waals surface area contributed by atoms with Gasteiger partial charge in [-0.1, -0.05) is 32.0 Å². The van der Waals surface area contributed by atoms with Crippen LogP contribution in [0, 0.1) is 0 Å². The average Bonchev–Trinajstić information content (AvgIpc) is 2.18. The molecule has 1 atom stereocenters. The molecule has 0 amide bonds. The van der Waals surface area contributed by atoms with Crippen LogP contribution in [0.3, 0.4) is 0 Å². The van der Waals surface area contributed by atoms with Crippen molar-refractivity contribution in [3.8, 4) is 0 Å². The lowest BCUT2D eigenvalue weighted by Gasteiger charge is -2.15. The normalized spacial score (nSPS) is 12.5. The Kier molecular flexibility index (Phi) is 3.81. The maximum absolute atomic E-state index is 3.39. The lowest BCUT2D eigenvalue weighted by molar-refractivity contribution is 0.734. The van der Waals surface area contributed by atoms with E-state index >= 15 is 0 Å². The van der Waals surface area contributed by atoms with E-state index in [1.807, 2.05) is 0 Å². The first-order valence-corrected chi connectivity index (χ1v) is 5.12. The first-order valence-electron chi connectivity index (χ1n) is 5.12. The summed E-state index contributed by atoms with van der Waals surface area (Å²) in [6, 6.07) is 8.57. The predicted molar refractivity (Wildman–Crippen MR) is 59.3 cm³/mol. The number of benzene rings is 1. The van der Waals surface area contributed by atoms with Crippen molar-refractivity contribution < 1.29 is 0 Å². The van der Waals surface area contributed by atoms with Crippen LogP contribution >= 0.6 is 0 Å². The molecular weight excluding hydrogens is 158 g/mol. The molecule has 0 aliphatic heterocycles. The summed E-state index contributed by atoms with van der Waals surface area (Å²) in [5, 5.41) is 3.39. The molecule has 0 aliphatic rings. The Morgan fingerprint density at radius 1 is 1.23 bits per heavy atom. The zero-order valence-corrected chi connectivity index (χ0v) is 8.80. The fourth-order valence-electron chi connectivity index (χ4n) is 1.50. The SMILES string of the molecule is CCNc1ccccc1C(C)CC. The average molecular weight is 177 g/mol. The van der Waals surface area contributed by atoms with Gasteiger partial charge in [-0.2, -0.15) is 0 Å². The molecule has 0 saturated heterocycles. The molecule has 1 heteroatoms. The van der Waals surface area contributed by atoms with Gasteiger partial charge >= 0.3 is 0 Å². The van der Waals surface area contributed by atoms with Gasteiger partial charge in [0, 0.05) is 12.2 Å². The van der Waals surface area contributed by atoms with E-state index in [0.29, 0.717) is 5.92 Å². The van der Waals surface area contributed by atoms with Gasteiger partial charge in [0.25, 0.3) is 0 Å². The summed E-state index contributed by atoms with van der Waals surface area (Å²) in [5.74, 6) is 0.648. The fourth-order valence-corrected chi connectivity index (χ4v) is 1.50. The van der Waals surface area contributed by atoms with Crippen molar-refractivity contribution in [2.24, 2.45) is 0 Å². The summed E-state index contributed by atoms with van der Waals surface area (Å²) in [6.45, 7) is 7.63. The van der Waals surface area contributed by atoms with Gasteiger partial charge in [-0.05, 0) is 30.9 Å². The molecule has 0 bridgehead atoms. The minimum Gasteiger partial charge on any atom is -0.385 e. The van der Waals surface area contributed by atoms with E-state index in [4.69, 9.17) is 0 Å². The van der Waals surface area contributed by atoms with E-state index in [2.05, 4.69) is 50.4 Å². The van der Waals surface area contributed by atoms with Gasteiger partial charge in [-0.25, -0.2) is 0 Å². The largest absolute Gasteiger partial charge is 0.385 e. The van der Waals surface area contributed by atoms with Gasteiger partial charge in [-0.3, -0.25) is 0 Å². The van der Waals surface area contributed by atoms with Crippen LogP contribution in [0.25, 0.3) is 0 Å². The minimum atomic E-state index is 0.648. The third-order valence-corrected chi connectivity index (χ3v) is 2.47. The topological polar surface area (TPSA) is 12.0 Å². The van der Waals surface area contributed by atoms with E-state index in [9.17, 15) is 0 Å². The van der Waals surface area contributed by atoms with Crippen molar-refractivity contribution >= 4 is 5.69 Å². The summed E-state index contributed by atoms with van der Waals surface area (Å²) in [6.07, 6.45) is 1.20. The highest BCUT2D eigenvalue weighted by atomic mass is 14.9. The Hall–Kier alpha value is -0.980. The highest BCUT2D eigenvalue weighted by Gasteiger charge is 2.06. The lowest BCUT2D eigenvalue weighted by atomic mass is 9.97. The van der Waals surface area contributed by atoms with E-state index in [1.54, 1.807) is 0 Å². The molecule has 0 spiro atoms. The molecule has 0 aromatic heterocycles. The molecular formula is C12H19N. The molecule has 13 heavy (non-hydrogen) atoms. The number of hydrogen-bond donors (Lipinski definition) is 1. The molecule has 0 aliphatic carbocycles. The third-order valence-electron chi connectivity index (χ3n) is 2.47. The quantitative estimate of drug-likeness (QED) is 0.740. The first kappa shape index (κ1) is 10.1. The lowest BCUT2D eigenvalue weighted by Crippen LogP contribution is -2.02. The van der Waals surface area contributed by atoms with Gasteiger partial charge < -0.3 is 5.32 Å². The summed E-state index contributed by atoms with van der Waals surface area (Å²) in [5.41, 5.74) is 2.73. The molecule has 0 heterocycles. The van der Waals surface area contributed by atoms with Crippen molar-refractivity contribution in [2.75, 3.05) is 11.9 Å². The zero-order valence-electron chi connectivity index (χ0n) is 8.80. The molecule has 0 radical (unpaired) electrons. The summed E-state index contributed by atoms with van der Waals surface area (Å²) >= 11 is 0. The zero-order chi connectivity index (χ0) is 9.68. The molecule has 1 aromatic carbocycles. The third kappa shape index (κ3) is 2.48. The minimum absolute atomic E-state index is 0.648. The smallest absolute Gasteiger partial charge is 0.0375 e. The van der Waals surface area contributed by atoms with Gasteiger partial charge in [0.15, 0.2) is 0 Å². The van der Waals surface area contributed by atoms with E-state index < -0.39 is 0 Å². The van der Waals surface area contributed by atoms with Crippen LogP contribution in [0.4, 0.5) is 5.69 Å². The second kappa shape index (κ2) is 4.90. The van der Waals surface area contributed by atoms with Crippen molar-refractivity contribution in [1.29, 1.82) is 0 Å². The highest BCUT2D eigenvalue weighted by Crippen LogP contribution is 2.26. The predicted octanol–water partition coefficient (Wildman–Crippen LogP) is 3.63. The number of nitrogens with one attached hydrogen (secondary N) is 1. The van der Waals surface area contributed by atoms with Crippen molar-refractivity contribution in [3.63, 3.8) is 0 Å². The Labute approximate surface area is 81.2 Å². The molecule has 1 rings (SSSR count). The van der Waals surface area contributed by atoms with Gasteiger partial charge in [0.1, 0.15) is 0 Å². The maximum atomic E-state index is 3.39. The second-order valence-electron chi connectivity index (χ2n) is 3.43. The molecule has 0 fully saturated rings. The van der Waals surface area contributed by atoms with Crippen LogP contribution in [0.5, 0.6) is 0 Å². The van der Waals surface area contributed by atoms with Crippen LogP contribution in [0.2, 0.25) is 0 Å². The van der Waals surface area contributed by atoms with Crippen LogP contribution in [0.15, 0.2) is 24.3 Å². The molecule has 1 aromatic rings. The van der Waals surface area contributed by atoms with E-state index in [0.717, 1.165) is 6.54 Å². The Morgan fingerprint density at radius 2 is 1.92 bits per heavy atom. The van der Waals surface area contributed by atoms with Gasteiger partial charge in [0.05, 0.1) is 0 Å². The van der Waals surface area contributed by atoms with Crippen LogP contribution < -0.4 is 5.32 Å². The van der Waals surface area contributed by atoms with Gasteiger partial charge in [0.2, 0.25) is 0 Å². The fraction of sp³-hybridized carbons (Fsp3) is 0.500. The summed E-state index contributed by atoms with van der Waals surface area (Å²) < 4.78 is 0. The van der Waals surface area contributed by atoms with Crippen molar-refractivity contribution in [1.82, 2.24) is 0 Å².